The highest BCUT2D eigenvalue weighted by atomic mass is 16.1. The van der Waals surface area contributed by atoms with Crippen LogP contribution in [0.25, 0.3) is 10.9 Å². The van der Waals surface area contributed by atoms with Crippen LogP contribution in [0.3, 0.4) is 0 Å². The molecule has 3 heteroatoms. The predicted molar refractivity (Wildman–Crippen MR) is 90.0 cm³/mol. The summed E-state index contributed by atoms with van der Waals surface area (Å²) in [5.74, 6) is 0.570. The van der Waals surface area contributed by atoms with Gasteiger partial charge in [0.25, 0.3) is 5.91 Å². The molecule has 3 nitrogen and oxygen atoms in total. The number of nitrogens with one attached hydrogen (secondary N) is 1. The summed E-state index contributed by atoms with van der Waals surface area (Å²) < 4.78 is 0. The van der Waals surface area contributed by atoms with Crippen LogP contribution in [0, 0.1) is 19.8 Å². The second kappa shape index (κ2) is 6.30. The van der Waals surface area contributed by atoms with Crippen molar-refractivity contribution in [3.8, 4) is 0 Å². The van der Waals surface area contributed by atoms with Crippen LogP contribution in [0.5, 0.6) is 0 Å². The van der Waals surface area contributed by atoms with E-state index in [-0.39, 0.29) is 5.91 Å². The van der Waals surface area contributed by atoms with Crippen molar-refractivity contribution in [1.82, 2.24) is 10.3 Å². The zero-order valence-corrected chi connectivity index (χ0v) is 13.2. The second-order valence-electron chi connectivity index (χ2n) is 6.19. The minimum absolute atomic E-state index is 0.00986. The fraction of sp³-hybridized carbons (Fsp3) is 0.368. The molecule has 1 N–H and O–H groups in total. The Labute approximate surface area is 131 Å². The molecule has 1 aromatic carbocycles. The number of hydrogen-bond acceptors (Lipinski definition) is 2. The van der Waals surface area contributed by atoms with Gasteiger partial charge in [-0.05, 0) is 57.2 Å². The first-order valence-corrected chi connectivity index (χ1v) is 7.94. The van der Waals surface area contributed by atoms with Crippen molar-refractivity contribution < 1.29 is 4.79 Å². The lowest BCUT2D eigenvalue weighted by Gasteiger charge is -2.18. The van der Waals surface area contributed by atoms with Gasteiger partial charge in [-0.3, -0.25) is 9.78 Å². The van der Waals surface area contributed by atoms with E-state index in [4.69, 9.17) is 0 Å². The average Bonchev–Trinajstić information content (AvgIpc) is 2.53. The van der Waals surface area contributed by atoms with Crippen LogP contribution in [0.2, 0.25) is 0 Å². The molecule has 1 atom stereocenters. The summed E-state index contributed by atoms with van der Waals surface area (Å²) in [5, 5.41) is 4.04. The number of hydrogen-bond donors (Lipinski definition) is 1. The molecule has 0 fully saturated rings. The number of benzene rings is 1. The first-order chi connectivity index (χ1) is 10.6. The van der Waals surface area contributed by atoms with Gasteiger partial charge in [-0.2, -0.15) is 0 Å². The van der Waals surface area contributed by atoms with E-state index in [2.05, 4.69) is 22.5 Å². The fourth-order valence-electron chi connectivity index (χ4n) is 3.03. The monoisotopic (exact) mass is 294 g/mol. The maximum Gasteiger partial charge on any atom is 0.252 e. The van der Waals surface area contributed by atoms with Gasteiger partial charge in [0.05, 0.1) is 11.1 Å². The summed E-state index contributed by atoms with van der Waals surface area (Å²) in [4.78, 5) is 17.1. The quantitative estimate of drug-likeness (QED) is 0.871. The molecule has 1 aliphatic rings. The summed E-state index contributed by atoms with van der Waals surface area (Å²) in [6.45, 7) is 4.72. The molecule has 0 saturated heterocycles. The van der Waals surface area contributed by atoms with E-state index in [9.17, 15) is 4.79 Å². The molecule has 2 aromatic rings. The third-order valence-corrected chi connectivity index (χ3v) is 4.27. The largest absolute Gasteiger partial charge is 0.352 e. The van der Waals surface area contributed by atoms with Gasteiger partial charge in [0.15, 0.2) is 0 Å². The molecule has 1 amide bonds. The maximum absolute atomic E-state index is 12.6. The molecular formula is C19H22N2O. The molecule has 1 aliphatic carbocycles. The van der Waals surface area contributed by atoms with Crippen molar-refractivity contribution in [3.05, 3.63) is 53.2 Å². The normalized spacial score (nSPS) is 17.6. The maximum atomic E-state index is 12.6. The molecule has 114 valence electrons. The molecular weight excluding hydrogens is 272 g/mol. The zero-order valence-electron chi connectivity index (χ0n) is 13.2. The first kappa shape index (κ1) is 14.8. The van der Waals surface area contributed by atoms with Crippen LogP contribution in [-0.4, -0.2) is 17.4 Å². The number of nitrogens with zero attached hydrogens (tertiary/aromatic N) is 1. The van der Waals surface area contributed by atoms with Crippen LogP contribution in [-0.2, 0) is 0 Å². The summed E-state index contributed by atoms with van der Waals surface area (Å²) in [5.41, 5.74) is 3.64. The van der Waals surface area contributed by atoms with E-state index in [0.29, 0.717) is 5.92 Å². The number of fused-ring (bicyclic) bond motifs is 1. The molecule has 0 saturated carbocycles. The number of pyridine rings is 1. The first-order valence-electron chi connectivity index (χ1n) is 7.94. The van der Waals surface area contributed by atoms with E-state index < -0.39 is 0 Å². The Morgan fingerprint density at radius 2 is 2.14 bits per heavy atom. The Balaban J connectivity index is 1.83. The molecule has 1 heterocycles. The van der Waals surface area contributed by atoms with Gasteiger partial charge in [-0.1, -0.05) is 23.8 Å². The van der Waals surface area contributed by atoms with Crippen LogP contribution in [0.4, 0.5) is 0 Å². The lowest BCUT2D eigenvalue weighted by molar-refractivity contribution is 0.0947. The van der Waals surface area contributed by atoms with Gasteiger partial charge in [0, 0.05) is 17.6 Å². The third kappa shape index (κ3) is 3.19. The number of aryl methyl sites for hydroxylation is 2. The van der Waals surface area contributed by atoms with Crippen molar-refractivity contribution in [3.63, 3.8) is 0 Å². The third-order valence-electron chi connectivity index (χ3n) is 4.27. The van der Waals surface area contributed by atoms with Gasteiger partial charge >= 0.3 is 0 Å². The summed E-state index contributed by atoms with van der Waals surface area (Å²) in [6.07, 6.45) is 7.79. The van der Waals surface area contributed by atoms with Crippen LogP contribution in [0.15, 0.2) is 36.4 Å². The zero-order chi connectivity index (χ0) is 15.5. The van der Waals surface area contributed by atoms with Crippen LogP contribution < -0.4 is 5.32 Å². The molecule has 1 aromatic heterocycles. The lowest BCUT2D eigenvalue weighted by Crippen LogP contribution is -2.30. The highest BCUT2D eigenvalue weighted by Gasteiger charge is 2.15. The predicted octanol–water partition coefficient (Wildman–Crippen LogP) is 3.94. The van der Waals surface area contributed by atoms with Crippen molar-refractivity contribution in [2.75, 3.05) is 6.54 Å². The number of carbonyl (C=O) groups excluding carboxylic acids is 1. The Kier molecular flexibility index (Phi) is 4.23. The van der Waals surface area contributed by atoms with E-state index in [1.54, 1.807) is 0 Å². The van der Waals surface area contributed by atoms with Gasteiger partial charge in [0.2, 0.25) is 0 Å². The average molecular weight is 294 g/mol. The highest BCUT2D eigenvalue weighted by molar-refractivity contribution is 6.06. The SMILES string of the molecule is Cc1ccc2nc(C)cc(C(=O)NCC3CC=CCC3)c2c1. The second-order valence-corrected chi connectivity index (χ2v) is 6.19. The Hall–Kier alpha value is -2.16. The minimum Gasteiger partial charge on any atom is -0.352 e. The molecule has 3 rings (SSSR count). The lowest BCUT2D eigenvalue weighted by atomic mass is 9.94. The standard InChI is InChI=1S/C19H22N2O/c1-13-8-9-18-16(10-13)17(11-14(2)21-18)19(22)20-12-15-6-4-3-5-7-15/h3-4,8-11,15H,5-7,12H2,1-2H3,(H,20,22). The van der Waals surface area contributed by atoms with E-state index >= 15 is 0 Å². The number of aromatic nitrogens is 1. The van der Waals surface area contributed by atoms with Gasteiger partial charge in [-0.15, -0.1) is 0 Å². The van der Waals surface area contributed by atoms with Crippen molar-refractivity contribution in [2.24, 2.45) is 5.92 Å². The Morgan fingerprint density at radius 3 is 2.91 bits per heavy atom. The molecule has 0 bridgehead atoms. The smallest absolute Gasteiger partial charge is 0.252 e. The van der Waals surface area contributed by atoms with Crippen molar-refractivity contribution in [2.45, 2.75) is 33.1 Å². The summed E-state index contributed by atoms with van der Waals surface area (Å²) in [7, 11) is 0. The topological polar surface area (TPSA) is 42.0 Å². The Bertz CT molecular complexity index is 734. The van der Waals surface area contributed by atoms with E-state index in [0.717, 1.165) is 53.5 Å². The summed E-state index contributed by atoms with van der Waals surface area (Å²) >= 11 is 0. The fourth-order valence-corrected chi connectivity index (χ4v) is 3.03. The van der Waals surface area contributed by atoms with E-state index in [1.807, 2.05) is 38.1 Å². The van der Waals surface area contributed by atoms with E-state index in [1.165, 1.54) is 0 Å². The van der Waals surface area contributed by atoms with Gasteiger partial charge < -0.3 is 5.32 Å². The number of carbonyl (C=O) groups is 1. The van der Waals surface area contributed by atoms with Crippen molar-refractivity contribution >= 4 is 16.8 Å². The number of rotatable bonds is 3. The molecule has 0 aliphatic heterocycles. The van der Waals surface area contributed by atoms with Crippen LogP contribution >= 0.6 is 0 Å². The van der Waals surface area contributed by atoms with Crippen LogP contribution in [0.1, 0.15) is 40.9 Å². The highest BCUT2D eigenvalue weighted by Crippen LogP contribution is 2.21. The van der Waals surface area contributed by atoms with Gasteiger partial charge in [-0.25, -0.2) is 0 Å². The molecule has 22 heavy (non-hydrogen) atoms. The molecule has 1 unspecified atom stereocenters. The number of allylic oxidation sites excluding steroid dienone is 2. The van der Waals surface area contributed by atoms with Gasteiger partial charge in [0.1, 0.15) is 0 Å². The Morgan fingerprint density at radius 1 is 1.27 bits per heavy atom. The number of amides is 1. The summed E-state index contributed by atoms with van der Waals surface area (Å²) in [6, 6.07) is 7.95. The molecule has 0 radical (unpaired) electrons. The van der Waals surface area contributed by atoms with Crippen molar-refractivity contribution in [1.29, 1.82) is 0 Å². The minimum atomic E-state index is 0.00986. The molecule has 0 spiro atoms.